The number of nitrogens with one attached hydrogen (secondary N) is 1. The summed E-state index contributed by atoms with van der Waals surface area (Å²) in [5, 5.41) is 2.62. The molecule has 2 aromatic rings. The van der Waals surface area contributed by atoms with Crippen molar-refractivity contribution < 1.29 is 19.0 Å². The van der Waals surface area contributed by atoms with E-state index in [0.717, 1.165) is 41.7 Å². The third kappa shape index (κ3) is 4.47. The van der Waals surface area contributed by atoms with Gasteiger partial charge in [-0.25, -0.2) is 4.79 Å². The summed E-state index contributed by atoms with van der Waals surface area (Å²) in [6, 6.07) is 17.3. The molecule has 0 bridgehead atoms. The van der Waals surface area contributed by atoms with E-state index in [2.05, 4.69) is 5.32 Å². The van der Waals surface area contributed by atoms with Gasteiger partial charge in [-0.3, -0.25) is 4.79 Å². The molecule has 3 aliphatic rings. The third-order valence-corrected chi connectivity index (χ3v) is 7.91. The molecule has 0 saturated heterocycles. The van der Waals surface area contributed by atoms with Crippen LogP contribution in [0.15, 0.2) is 59.5 Å². The molecule has 1 saturated carbocycles. The maximum Gasteiger partial charge on any atom is 0.501 e. The predicted molar refractivity (Wildman–Crippen MR) is 128 cm³/mol. The van der Waals surface area contributed by atoms with Gasteiger partial charge in [0.05, 0.1) is 0 Å². The van der Waals surface area contributed by atoms with E-state index in [0.29, 0.717) is 18.7 Å². The molecule has 33 heavy (non-hydrogen) atoms. The van der Waals surface area contributed by atoms with Crippen molar-refractivity contribution in [2.24, 2.45) is 0 Å². The largest absolute Gasteiger partial charge is 0.501 e. The zero-order chi connectivity index (χ0) is 22.8. The summed E-state index contributed by atoms with van der Waals surface area (Å²) in [6.07, 6.45) is 6.01. The maximum atomic E-state index is 13.6. The first kappa shape index (κ1) is 21.9. The fourth-order valence-corrected chi connectivity index (χ4v) is 6.26. The Bertz CT molecular complexity index is 1110. The van der Waals surface area contributed by atoms with Gasteiger partial charge in [0.1, 0.15) is 12.3 Å². The molecule has 7 heteroatoms. The van der Waals surface area contributed by atoms with Gasteiger partial charge in [0.15, 0.2) is 11.8 Å². The second-order valence-corrected chi connectivity index (χ2v) is 10.0. The Labute approximate surface area is 198 Å². The van der Waals surface area contributed by atoms with Gasteiger partial charge in [-0.15, -0.1) is 11.8 Å². The molecule has 6 nitrogen and oxygen atoms in total. The molecular weight excluding hydrogens is 434 g/mol. The summed E-state index contributed by atoms with van der Waals surface area (Å²) in [6.45, 7) is 0.230. The molecule has 5 rings (SSSR count). The van der Waals surface area contributed by atoms with Crippen LogP contribution in [0.1, 0.15) is 43.2 Å². The third-order valence-electron chi connectivity index (χ3n) is 6.64. The van der Waals surface area contributed by atoms with Crippen LogP contribution < -0.4 is 5.32 Å². The van der Waals surface area contributed by atoms with E-state index in [-0.39, 0.29) is 24.4 Å². The van der Waals surface area contributed by atoms with Gasteiger partial charge >= 0.3 is 11.9 Å². The number of nitrogens with zero attached hydrogens (tertiary/aromatic N) is 2. The Balaban J connectivity index is 1.42. The van der Waals surface area contributed by atoms with Crippen LogP contribution in [-0.2, 0) is 16.0 Å². The average Bonchev–Trinajstić information content (AvgIpc) is 3.23. The molecule has 0 radical (unpaired) electrons. The fraction of sp³-hybridized carbons (Fsp3) is 0.385. The van der Waals surface area contributed by atoms with Crippen molar-refractivity contribution in [2.45, 2.75) is 54.7 Å². The topological polar surface area (TPSA) is 69.5 Å². The number of fused-ring (bicyclic) bond motifs is 3. The molecule has 1 fully saturated rings. The summed E-state index contributed by atoms with van der Waals surface area (Å²) < 4.78 is 1.54. The first-order valence-electron chi connectivity index (χ1n) is 11.7. The Hall–Kier alpha value is -2.93. The van der Waals surface area contributed by atoms with Crippen molar-refractivity contribution >= 4 is 35.3 Å². The molecule has 2 heterocycles. The number of benzene rings is 2. The highest BCUT2D eigenvalue weighted by molar-refractivity contribution is 8.02. The molecule has 1 aliphatic carbocycles. The van der Waals surface area contributed by atoms with Crippen molar-refractivity contribution in [1.29, 1.82) is 0 Å². The fourth-order valence-electron chi connectivity index (χ4n) is 4.95. The first-order valence-corrected chi connectivity index (χ1v) is 12.6. The lowest BCUT2D eigenvalue weighted by molar-refractivity contribution is -0.427. The van der Waals surface area contributed by atoms with Crippen molar-refractivity contribution in [3.05, 3.63) is 65.7 Å². The number of rotatable bonds is 6. The number of imide groups is 1. The van der Waals surface area contributed by atoms with Gasteiger partial charge in [-0.05, 0) is 30.5 Å². The first-order chi connectivity index (χ1) is 16.1. The van der Waals surface area contributed by atoms with E-state index in [9.17, 15) is 14.4 Å². The number of thioether (sulfide) groups is 1. The highest BCUT2D eigenvalue weighted by atomic mass is 32.2. The lowest BCUT2D eigenvalue weighted by atomic mass is 9.95. The van der Waals surface area contributed by atoms with Crippen molar-refractivity contribution in [1.82, 2.24) is 10.2 Å². The Morgan fingerprint density at radius 2 is 1.73 bits per heavy atom. The number of carbonyl (C=O) groups is 3. The summed E-state index contributed by atoms with van der Waals surface area (Å²) in [5.74, 6) is -0.357. The summed E-state index contributed by atoms with van der Waals surface area (Å²) in [7, 11) is 0. The zero-order valence-corrected chi connectivity index (χ0v) is 19.4. The zero-order valence-electron chi connectivity index (χ0n) is 18.5. The lowest BCUT2D eigenvalue weighted by Gasteiger charge is -2.26. The molecule has 2 aromatic carbocycles. The van der Waals surface area contributed by atoms with Crippen LogP contribution >= 0.6 is 11.8 Å². The minimum atomic E-state index is -0.502. The molecule has 1 atom stereocenters. The monoisotopic (exact) mass is 462 g/mol. The number of amides is 4. The van der Waals surface area contributed by atoms with Gasteiger partial charge in [0, 0.05) is 22.9 Å². The molecule has 1 N–H and O–H groups in total. The van der Waals surface area contributed by atoms with Gasteiger partial charge in [0.25, 0.3) is 5.91 Å². The molecule has 2 aliphatic heterocycles. The minimum Gasteiger partial charge on any atom is -0.350 e. The second-order valence-electron chi connectivity index (χ2n) is 8.88. The Morgan fingerprint density at radius 1 is 1.00 bits per heavy atom. The number of carbonyl (C=O) groups excluding carboxylic acids is 3. The van der Waals surface area contributed by atoms with Crippen molar-refractivity contribution in [2.75, 3.05) is 13.1 Å². The second kappa shape index (κ2) is 9.51. The van der Waals surface area contributed by atoms with Gasteiger partial charge in [0.2, 0.25) is 0 Å². The van der Waals surface area contributed by atoms with Gasteiger partial charge in [-0.1, -0.05) is 61.7 Å². The number of urea groups is 1. The molecule has 0 aromatic heterocycles. The van der Waals surface area contributed by atoms with Crippen LogP contribution in [0.4, 0.5) is 4.79 Å². The van der Waals surface area contributed by atoms with Crippen LogP contribution in [0.5, 0.6) is 0 Å². The van der Waals surface area contributed by atoms with Crippen LogP contribution in [0.25, 0.3) is 0 Å². The van der Waals surface area contributed by atoms with E-state index in [1.165, 1.54) is 27.7 Å². The molecule has 0 spiro atoms. The van der Waals surface area contributed by atoms with E-state index in [1.54, 1.807) is 0 Å². The molecular formula is C26H28N3O3S+. The van der Waals surface area contributed by atoms with Crippen molar-refractivity contribution in [3.8, 4) is 0 Å². The van der Waals surface area contributed by atoms with E-state index >= 15 is 0 Å². The quantitative estimate of drug-likeness (QED) is 0.666. The summed E-state index contributed by atoms with van der Waals surface area (Å²) in [5.41, 5.74) is 2.60. The summed E-state index contributed by atoms with van der Waals surface area (Å²) >= 11 is 1.47. The average molecular weight is 463 g/mol. The number of hydrogen-bond acceptors (Lipinski definition) is 4. The predicted octanol–water partition coefficient (Wildman–Crippen LogP) is 3.62. The normalized spacial score (nSPS) is 20.6. The van der Waals surface area contributed by atoms with Crippen LogP contribution in [0, 0.1) is 0 Å². The number of hydrogen-bond donors (Lipinski definition) is 1. The lowest BCUT2D eigenvalue weighted by Crippen LogP contribution is -2.57. The minimum absolute atomic E-state index is 0.0643. The van der Waals surface area contributed by atoms with Gasteiger partial charge < -0.3 is 5.32 Å². The highest BCUT2D eigenvalue weighted by Crippen LogP contribution is 2.40. The van der Waals surface area contributed by atoms with E-state index in [1.807, 2.05) is 54.6 Å². The maximum absolute atomic E-state index is 13.6. The van der Waals surface area contributed by atoms with Gasteiger partial charge in [-0.2, -0.15) is 14.3 Å². The van der Waals surface area contributed by atoms with Crippen LogP contribution in [0.2, 0.25) is 0 Å². The summed E-state index contributed by atoms with van der Waals surface area (Å²) in [4.78, 5) is 42.2. The molecule has 4 amide bonds. The Morgan fingerprint density at radius 3 is 2.52 bits per heavy atom. The van der Waals surface area contributed by atoms with Crippen LogP contribution in [0.3, 0.4) is 0 Å². The standard InChI is InChI=1S/C26H27N3O3S/c30-22(27-19-11-5-2-6-12-19)17-29-23-20-13-7-8-14-21(20)33-24(23)25(31)28(26(29)32)16-15-18-9-3-1-4-10-18/h1,3-4,7-10,13-14,19,24H,2,5-6,11-12,15-17H2/p+1. The molecule has 1 unspecified atom stereocenters. The van der Waals surface area contributed by atoms with E-state index in [4.69, 9.17) is 0 Å². The van der Waals surface area contributed by atoms with Crippen molar-refractivity contribution in [3.63, 3.8) is 0 Å². The van der Waals surface area contributed by atoms with Crippen LogP contribution in [-0.4, -0.2) is 57.4 Å². The van der Waals surface area contributed by atoms with E-state index < -0.39 is 11.3 Å². The molecule has 170 valence electrons. The smallest absolute Gasteiger partial charge is 0.350 e. The SMILES string of the molecule is O=C(C[N+]1=C2c3ccccc3SC2C(=O)N(CCc2ccccc2)C1=O)NC1CCCCC1. The highest BCUT2D eigenvalue weighted by Gasteiger charge is 2.52. The Kier molecular flexibility index (Phi) is 6.31.